The van der Waals surface area contributed by atoms with E-state index in [4.69, 9.17) is 4.74 Å². The van der Waals surface area contributed by atoms with E-state index in [-0.39, 0.29) is 17.7 Å². The molecule has 0 aliphatic carbocycles. The summed E-state index contributed by atoms with van der Waals surface area (Å²) in [5, 5.41) is 5.72. The summed E-state index contributed by atoms with van der Waals surface area (Å²) < 4.78 is 5.27. The van der Waals surface area contributed by atoms with Crippen molar-refractivity contribution in [3.63, 3.8) is 0 Å². The second kappa shape index (κ2) is 6.00. The van der Waals surface area contributed by atoms with Gasteiger partial charge in [0.05, 0.1) is 5.92 Å². The molecule has 5 heteroatoms. The highest BCUT2D eigenvalue weighted by Crippen LogP contribution is 2.14. The zero-order chi connectivity index (χ0) is 12.1. The molecule has 0 saturated carbocycles. The van der Waals surface area contributed by atoms with Crippen LogP contribution in [0.15, 0.2) is 0 Å². The molecule has 2 fully saturated rings. The minimum atomic E-state index is -0.0486. The summed E-state index contributed by atoms with van der Waals surface area (Å²) in [6.07, 6.45) is 3.20. The number of rotatable bonds is 3. The molecule has 0 aromatic rings. The normalized spacial score (nSPS) is 26.4. The van der Waals surface area contributed by atoms with Crippen LogP contribution in [0.5, 0.6) is 0 Å². The van der Waals surface area contributed by atoms with Gasteiger partial charge in [-0.2, -0.15) is 0 Å². The Kier molecular flexibility index (Phi) is 4.36. The van der Waals surface area contributed by atoms with Crippen LogP contribution >= 0.6 is 0 Å². The number of piperidine rings is 1. The molecule has 2 N–H and O–H groups in total. The largest absolute Gasteiger partial charge is 0.381 e. The molecule has 2 amide bonds. The maximum Gasteiger partial charge on any atom is 0.224 e. The Hall–Kier alpha value is -1.10. The van der Waals surface area contributed by atoms with E-state index >= 15 is 0 Å². The van der Waals surface area contributed by atoms with Gasteiger partial charge in [-0.3, -0.25) is 9.59 Å². The molecule has 96 valence electrons. The van der Waals surface area contributed by atoms with Crippen molar-refractivity contribution >= 4 is 11.8 Å². The van der Waals surface area contributed by atoms with Crippen molar-refractivity contribution in [3.8, 4) is 0 Å². The average molecular weight is 240 g/mol. The number of carbonyl (C=O) groups excluding carboxylic acids is 2. The smallest absolute Gasteiger partial charge is 0.224 e. The van der Waals surface area contributed by atoms with Gasteiger partial charge in [0.15, 0.2) is 0 Å². The van der Waals surface area contributed by atoms with Crippen LogP contribution in [0.1, 0.15) is 25.7 Å². The summed E-state index contributed by atoms with van der Waals surface area (Å²) in [4.78, 5) is 22.8. The first-order valence-electron chi connectivity index (χ1n) is 6.38. The SMILES string of the molecule is O=C1CCC(C(=O)NCC2CCOCC2)CN1. The monoisotopic (exact) mass is 240 g/mol. The molecule has 0 bridgehead atoms. The van der Waals surface area contributed by atoms with Crippen LogP contribution in [0, 0.1) is 11.8 Å². The molecule has 0 aromatic carbocycles. The van der Waals surface area contributed by atoms with Gasteiger partial charge in [-0.05, 0) is 25.2 Å². The van der Waals surface area contributed by atoms with Gasteiger partial charge in [-0.15, -0.1) is 0 Å². The molecule has 2 heterocycles. The van der Waals surface area contributed by atoms with Gasteiger partial charge in [0, 0.05) is 32.7 Å². The van der Waals surface area contributed by atoms with E-state index < -0.39 is 0 Å². The van der Waals surface area contributed by atoms with Crippen molar-refractivity contribution in [1.82, 2.24) is 10.6 Å². The summed E-state index contributed by atoms with van der Waals surface area (Å²) in [5.41, 5.74) is 0. The van der Waals surface area contributed by atoms with E-state index in [1.54, 1.807) is 0 Å². The average Bonchev–Trinajstić information content (AvgIpc) is 2.38. The first-order valence-corrected chi connectivity index (χ1v) is 6.38. The van der Waals surface area contributed by atoms with Gasteiger partial charge in [0.1, 0.15) is 0 Å². The fourth-order valence-corrected chi connectivity index (χ4v) is 2.30. The Morgan fingerprint density at radius 1 is 1.35 bits per heavy atom. The predicted octanol–water partition coefficient (Wildman–Crippen LogP) is 0.0554. The zero-order valence-corrected chi connectivity index (χ0v) is 10.0. The molecule has 2 aliphatic rings. The Labute approximate surface area is 101 Å². The van der Waals surface area contributed by atoms with E-state index in [9.17, 15) is 9.59 Å². The number of ether oxygens (including phenoxy) is 1. The summed E-state index contributed by atoms with van der Waals surface area (Å²) in [5.74, 6) is 0.633. The van der Waals surface area contributed by atoms with Crippen molar-refractivity contribution in [2.75, 3.05) is 26.3 Å². The van der Waals surface area contributed by atoms with Gasteiger partial charge in [-0.25, -0.2) is 0 Å². The van der Waals surface area contributed by atoms with Gasteiger partial charge in [0.2, 0.25) is 11.8 Å². The Balaban J connectivity index is 1.67. The highest BCUT2D eigenvalue weighted by molar-refractivity contribution is 5.83. The molecule has 5 nitrogen and oxygen atoms in total. The molecule has 2 rings (SSSR count). The van der Waals surface area contributed by atoms with Crippen molar-refractivity contribution in [3.05, 3.63) is 0 Å². The molecule has 0 aromatic heterocycles. The maximum atomic E-state index is 11.9. The number of nitrogens with one attached hydrogen (secondary N) is 2. The quantitative estimate of drug-likeness (QED) is 0.733. The zero-order valence-electron chi connectivity index (χ0n) is 10.0. The molecule has 2 aliphatic heterocycles. The summed E-state index contributed by atoms with van der Waals surface area (Å²) in [7, 11) is 0. The maximum absolute atomic E-state index is 11.9. The highest BCUT2D eigenvalue weighted by Gasteiger charge is 2.25. The lowest BCUT2D eigenvalue weighted by Crippen LogP contribution is -2.44. The topological polar surface area (TPSA) is 67.4 Å². The van der Waals surface area contributed by atoms with Gasteiger partial charge in [0.25, 0.3) is 0 Å². The molecule has 17 heavy (non-hydrogen) atoms. The van der Waals surface area contributed by atoms with Crippen LogP contribution in [-0.4, -0.2) is 38.1 Å². The van der Waals surface area contributed by atoms with E-state index in [0.29, 0.717) is 25.3 Å². The molecular formula is C12H20N2O3. The third-order valence-corrected chi connectivity index (χ3v) is 3.54. The van der Waals surface area contributed by atoms with Crippen LogP contribution in [0.25, 0.3) is 0 Å². The van der Waals surface area contributed by atoms with E-state index in [2.05, 4.69) is 10.6 Å². The van der Waals surface area contributed by atoms with Crippen LogP contribution in [0.2, 0.25) is 0 Å². The first kappa shape index (κ1) is 12.4. The van der Waals surface area contributed by atoms with Gasteiger partial charge >= 0.3 is 0 Å². The first-order chi connectivity index (χ1) is 8.25. The highest BCUT2D eigenvalue weighted by atomic mass is 16.5. The molecule has 1 unspecified atom stereocenters. The van der Waals surface area contributed by atoms with Crippen LogP contribution < -0.4 is 10.6 Å². The lowest BCUT2D eigenvalue weighted by atomic mass is 9.97. The minimum absolute atomic E-state index is 0.0486. The predicted molar refractivity (Wildman–Crippen MR) is 62.3 cm³/mol. The Morgan fingerprint density at radius 3 is 2.76 bits per heavy atom. The lowest BCUT2D eigenvalue weighted by molar-refractivity contribution is -0.129. The molecule has 2 saturated heterocycles. The van der Waals surface area contributed by atoms with Crippen molar-refractivity contribution in [2.24, 2.45) is 11.8 Å². The van der Waals surface area contributed by atoms with Crippen LogP contribution in [0.3, 0.4) is 0 Å². The standard InChI is InChI=1S/C12H20N2O3/c15-11-2-1-10(8-13-11)12(16)14-7-9-3-5-17-6-4-9/h9-10H,1-8H2,(H,13,15)(H,14,16). The van der Waals surface area contributed by atoms with Crippen LogP contribution in [-0.2, 0) is 14.3 Å². The molecule has 0 spiro atoms. The fraction of sp³-hybridized carbons (Fsp3) is 0.833. The Morgan fingerprint density at radius 2 is 2.12 bits per heavy atom. The minimum Gasteiger partial charge on any atom is -0.381 e. The summed E-state index contributed by atoms with van der Waals surface area (Å²) in [6, 6.07) is 0. The van der Waals surface area contributed by atoms with Gasteiger partial charge < -0.3 is 15.4 Å². The second-order valence-electron chi connectivity index (χ2n) is 4.84. The van der Waals surface area contributed by atoms with E-state index in [0.717, 1.165) is 32.6 Å². The van der Waals surface area contributed by atoms with Crippen molar-refractivity contribution in [2.45, 2.75) is 25.7 Å². The molecule has 1 atom stereocenters. The Bertz CT molecular complexity index is 277. The van der Waals surface area contributed by atoms with Gasteiger partial charge in [-0.1, -0.05) is 0 Å². The second-order valence-corrected chi connectivity index (χ2v) is 4.84. The third-order valence-electron chi connectivity index (χ3n) is 3.54. The number of hydrogen-bond donors (Lipinski definition) is 2. The number of amides is 2. The summed E-state index contributed by atoms with van der Waals surface area (Å²) in [6.45, 7) is 2.84. The van der Waals surface area contributed by atoms with Crippen molar-refractivity contribution < 1.29 is 14.3 Å². The van der Waals surface area contributed by atoms with E-state index in [1.807, 2.05) is 0 Å². The summed E-state index contributed by atoms with van der Waals surface area (Å²) >= 11 is 0. The number of carbonyl (C=O) groups is 2. The third kappa shape index (κ3) is 3.70. The molecule has 0 radical (unpaired) electrons. The lowest BCUT2D eigenvalue weighted by Gasteiger charge is -2.25. The molecular weight excluding hydrogens is 220 g/mol. The van der Waals surface area contributed by atoms with E-state index in [1.165, 1.54) is 0 Å². The number of hydrogen-bond acceptors (Lipinski definition) is 3. The van der Waals surface area contributed by atoms with Crippen molar-refractivity contribution in [1.29, 1.82) is 0 Å². The fourth-order valence-electron chi connectivity index (χ4n) is 2.30. The van der Waals surface area contributed by atoms with Crippen LogP contribution in [0.4, 0.5) is 0 Å².